The third-order valence-electron chi connectivity index (χ3n) is 3.38. The second-order valence-corrected chi connectivity index (χ2v) is 6.17. The molecule has 1 unspecified atom stereocenters. The highest BCUT2D eigenvalue weighted by Crippen LogP contribution is 2.48. The van der Waals surface area contributed by atoms with Gasteiger partial charge in [-0.2, -0.15) is 5.26 Å². The van der Waals surface area contributed by atoms with Gasteiger partial charge in [-0.15, -0.1) is 11.3 Å². The van der Waals surface area contributed by atoms with Crippen LogP contribution in [0.25, 0.3) is 0 Å². The van der Waals surface area contributed by atoms with Crippen LogP contribution in [0.15, 0.2) is 15.9 Å². The van der Waals surface area contributed by atoms with Gasteiger partial charge in [-0.05, 0) is 40.2 Å². The molecule has 1 aliphatic rings. The van der Waals surface area contributed by atoms with E-state index in [1.54, 1.807) is 0 Å². The number of hydrogen-bond donors (Lipinski definition) is 1. The Balaban J connectivity index is 2.28. The molecule has 16 heavy (non-hydrogen) atoms. The maximum absolute atomic E-state index is 10.4. The van der Waals surface area contributed by atoms with Crippen molar-refractivity contribution >= 4 is 27.3 Å². The first-order chi connectivity index (χ1) is 7.69. The third kappa shape index (κ3) is 2.04. The molecule has 2 nitrogen and oxygen atoms in total. The van der Waals surface area contributed by atoms with Crippen molar-refractivity contribution in [2.45, 2.75) is 38.2 Å². The molecule has 1 aromatic heterocycles. The number of nitriles is 1. The van der Waals surface area contributed by atoms with Crippen LogP contribution < -0.4 is 0 Å². The lowest BCUT2D eigenvalue weighted by Crippen LogP contribution is -2.29. The molecule has 0 aromatic carbocycles. The molecule has 0 spiro atoms. The second kappa shape index (κ2) is 4.87. The molecule has 1 aliphatic carbocycles. The minimum atomic E-state index is -0.646. The molecule has 1 saturated carbocycles. The van der Waals surface area contributed by atoms with Crippen molar-refractivity contribution in [1.29, 1.82) is 5.26 Å². The molecule has 1 aromatic rings. The minimum Gasteiger partial charge on any atom is -0.386 e. The van der Waals surface area contributed by atoms with Gasteiger partial charge in [0.15, 0.2) is 0 Å². The van der Waals surface area contributed by atoms with Crippen molar-refractivity contribution in [3.8, 4) is 6.07 Å². The summed E-state index contributed by atoms with van der Waals surface area (Å²) >= 11 is 4.95. The standard InChI is InChI=1S/C12H14BrNOS/c13-9-4-7-16-10(9)11(15)12(8-14)5-2-1-3-6-12/h4,7,11,15H,1-3,5-6H2. The summed E-state index contributed by atoms with van der Waals surface area (Å²) in [7, 11) is 0. The summed E-state index contributed by atoms with van der Waals surface area (Å²) in [6, 6.07) is 4.30. The molecule has 4 heteroatoms. The predicted molar refractivity (Wildman–Crippen MR) is 68.1 cm³/mol. The Labute approximate surface area is 108 Å². The topological polar surface area (TPSA) is 44.0 Å². The molecule has 0 bridgehead atoms. The third-order valence-corrected chi connectivity index (χ3v) is 5.31. The Bertz CT molecular complexity index is 403. The van der Waals surface area contributed by atoms with E-state index in [4.69, 9.17) is 0 Å². The summed E-state index contributed by atoms with van der Waals surface area (Å²) in [5.74, 6) is 0. The van der Waals surface area contributed by atoms with Crippen LogP contribution in [0.2, 0.25) is 0 Å². The smallest absolute Gasteiger partial charge is 0.108 e. The fourth-order valence-electron chi connectivity index (χ4n) is 2.38. The van der Waals surface area contributed by atoms with Crippen LogP contribution in [-0.4, -0.2) is 5.11 Å². The highest BCUT2D eigenvalue weighted by atomic mass is 79.9. The van der Waals surface area contributed by atoms with Crippen LogP contribution in [0.4, 0.5) is 0 Å². The summed E-state index contributed by atoms with van der Waals surface area (Å²) in [5.41, 5.74) is -0.564. The number of halogens is 1. The largest absolute Gasteiger partial charge is 0.386 e. The van der Waals surface area contributed by atoms with Gasteiger partial charge in [-0.1, -0.05) is 19.3 Å². The molecule has 1 N–H and O–H groups in total. The van der Waals surface area contributed by atoms with Crippen molar-refractivity contribution in [2.75, 3.05) is 0 Å². The summed E-state index contributed by atoms with van der Waals surface area (Å²) in [6.45, 7) is 0. The van der Waals surface area contributed by atoms with Crippen molar-refractivity contribution < 1.29 is 5.11 Å². The number of nitrogens with zero attached hydrogens (tertiary/aromatic N) is 1. The van der Waals surface area contributed by atoms with Gasteiger partial charge in [0.1, 0.15) is 6.10 Å². The predicted octanol–water partition coefficient (Wildman–Crippen LogP) is 4.02. The van der Waals surface area contributed by atoms with E-state index < -0.39 is 11.5 Å². The zero-order valence-electron chi connectivity index (χ0n) is 8.95. The maximum Gasteiger partial charge on any atom is 0.108 e. The molecule has 2 rings (SSSR count). The Kier molecular flexibility index (Phi) is 3.68. The zero-order chi connectivity index (χ0) is 11.6. The number of aliphatic hydroxyl groups excluding tert-OH is 1. The van der Waals surface area contributed by atoms with Crippen LogP contribution in [0.5, 0.6) is 0 Å². The Morgan fingerprint density at radius 2 is 2.12 bits per heavy atom. The molecule has 0 amide bonds. The van der Waals surface area contributed by atoms with Gasteiger partial charge in [0.2, 0.25) is 0 Å². The molecule has 1 atom stereocenters. The molecular weight excluding hydrogens is 286 g/mol. The van der Waals surface area contributed by atoms with E-state index in [0.29, 0.717) is 0 Å². The Hall–Kier alpha value is -0.370. The monoisotopic (exact) mass is 299 g/mol. The van der Waals surface area contributed by atoms with Crippen LogP contribution in [0.3, 0.4) is 0 Å². The number of hydrogen-bond acceptors (Lipinski definition) is 3. The van der Waals surface area contributed by atoms with E-state index in [0.717, 1.165) is 35.0 Å². The molecule has 0 aliphatic heterocycles. The van der Waals surface area contributed by atoms with Gasteiger partial charge in [0, 0.05) is 9.35 Å². The summed E-state index contributed by atoms with van der Waals surface area (Å²) in [4.78, 5) is 0.892. The van der Waals surface area contributed by atoms with E-state index in [9.17, 15) is 10.4 Å². The van der Waals surface area contributed by atoms with Crippen molar-refractivity contribution in [3.63, 3.8) is 0 Å². The van der Waals surface area contributed by atoms with Crippen LogP contribution in [0.1, 0.15) is 43.1 Å². The van der Waals surface area contributed by atoms with E-state index in [2.05, 4.69) is 22.0 Å². The summed E-state index contributed by atoms with van der Waals surface area (Å²) < 4.78 is 0.921. The van der Waals surface area contributed by atoms with Crippen molar-refractivity contribution in [3.05, 3.63) is 20.8 Å². The van der Waals surface area contributed by atoms with Gasteiger partial charge < -0.3 is 5.11 Å². The molecule has 86 valence electrons. The van der Waals surface area contributed by atoms with E-state index in [1.807, 2.05) is 11.4 Å². The average Bonchev–Trinajstić information content (AvgIpc) is 2.75. The molecule has 0 saturated heterocycles. The van der Waals surface area contributed by atoms with E-state index in [-0.39, 0.29) is 0 Å². The molecule has 0 radical (unpaired) electrons. The SMILES string of the molecule is N#CC1(C(O)c2sccc2Br)CCCCC1. The van der Waals surface area contributed by atoms with Gasteiger partial charge in [-0.25, -0.2) is 0 Å². The van der Waals surface area contributed by atoms with Crippen LogP contribution >= 0.6 is 27.3 Å². The fraction of sp³-hybridized carbons (Fsp3) is 0.583. The molecule has 1 heterocycles. The lowest BCUT2D eigenvalue weighted by Gasteiger charge is -2.34. The summed E-state index contributed by atoms with van der Waals surface area (Å²) in [5, 5.41) is 21.7. The first-order valence-corrected chi connectivity index (χ1v) is 7.19. The van der Waals surface area contributed by atoms with Gasteiger partial charge in [0.05, 0.1) is 11.5 Å². The highest BCUT2D eigenvalue weighted by molar-refractivity contribution is 9.10. The lowest BCUT2D eigenvalue weighted by molar-refractivity contribution is 0.0382. The normalized spacial score (nSPS) is 21.3. The average molecular weight is 300 g/mol. The number of thiophene rings is 1. The van der Waals surface area contributed by atoms with Crippen LogP contribution in [-0.2, 0) is 0 Å². The van der Waals surface area contributed by atoms with Crippen LogP contribution in [0, 0.1) is 16.7 Å². The molecular formula is C12H14BrNOS. The maximum atomic E-state index is 10.4. The minimum absolute atomic E-state index is 0.564. The Morgan fingerprint density at radius 3 is 2.62 bits per heavy atom. The highest BCUT2D eigenvalue weighted by Gasteiger charge is 2.41. The quantitative estimate of drug-likeness (QED) is 0.896. The van der Waals surface area contributed by atoms with E-state index >= 15 is 0 Å². The number of aliphatic hydroxyl groups is 1. The molecule has 1 fully saturated rings. The lowest BCUT2D eigenvalue weighted by atomic mass is 9.71. The first-order valence-electron chi connectivity index (χ1n) is 5.52. The fourth-order valence-corrected chi connectivity index (χ4v) is 4.07. The number of rotatable bonds is 2. The van der Waals surface area contributed by atoms with Gasteiger partial charge in [0.25, 0.3) is 0 Å². The van der Waals surface area contributed by atoms with Gasteiger partial charge in [-0.3, -0.25) is 0 Å². The van der Waals surface area contributed by atoms with Crippen molar-refractivity contribution in [1.82, 2.24) is 0 Å². The van der Waals surface area contributed by atoms with Crippen molar-refractivity contribution in [2.24, 2.45) is 5.41 Å². The van der Waals surface area contributed by atoms with Gasteiger partial charge >= 0.3 is 0 Å². The zero-order valence-corrected chi connectivity index (χ0v) is 11.4. The van der Waals surface area contributed by atoms with E-state index in [1.165, 1.54) is 17.8 Å². The summed E-state index contributed by atoms with van der Waals surface area (Å²) in [6.07, 6.45) is 4.26. The second-order valence-electron chi connectivity index (χ2n) is 4.36. The first kappa shape index (κ1) is 12.1. The Morgan fingerprint density at radius 1 is 1.44 bits per heavy atom.